The molecule has 0 atom stereocenters. The number of aromatic nitrogens is 2. The predicted molar refractivity (Wildman–Crippen MR) is 74.9 cm³/mol. The highest BCUT2D eigenvalue weighted by Crippen LogP contribution is 2.31. The average Bonchev–Trinajstić information content (AvgIpc) is 2.92. The lowest BCUT2D eigenvalue weighted by atomic mass is 10.1. The fourth-order valence-electron chi connectivity index (χ4n) is 2.20. The number of rotatable bonds is 5. The fourth-order valence-corrected chi connectivity index (χ4v) is 2.20. The third-order valence-electron chi connectivity index (χ3n) is 3.29. The molecule has 0 aliphatic carbocycles. The van der Waals surface area contributed by atoms with Crippen molar-refractivity contribution < 1.29 is 32.2 Å². The Labute approximate surface area is 134 Å². The SMILES string of the molecule is COC(=O)c1ccc(F)c(Cn2cc(CCO)c(C(F)(F)F)n2)c1. The van der Waals surface area contributed by atoms with Crippen LogP contribution < -0.4 is 0 Å². The zero-order valence-electron chi connectivity index (χ0n) is 12.6. The molecule has 0 saturated carbocycles. The predicted octanol–water partition coefficient (Wildman–Crippen LogP) is 2.41. The third kappa shape index (κ3) is 3.91. The van der Waals surface area contributed by atoms with Gasteiger partial charge < -0.3 is 9.84 Å². The monoisotopic (exact) mass is 346 g/mol. The number of nitrogens with zero attached hydrogens (tertiary/aromatic N) is 2. The van der Waals surface area contributed by atoms with Crippen LogP contribution >= 0.6 is 0 Å². The van der Waals surface area contributed by atoms with E-state index in [-0.39, 0.29) is 29.7 Å². The Balaban J connectivity index is 2.36. The van der Waals surface area contributed by atoms with Crippen LogP contribution in [0.3, 0.4) is 0 Å². The Morgan fingerprint density at radius 1 is 1.33 bits per heavy atom. The summed E-state index contributed by atoms with van der Waals surface area (Å²) in [7, 11) is 1.16. The molecule has 1 aromatic carbocycles. The van der Waals surface area contributed by atoms with E-state index >= 15 is 0 Å². The maximum atomic E-state index is 13.9. The Morgan fingerprint density at radius 2 is 2.04 bits per heavy atom. The van der Waals surface area contributed by atoms with E-state index in [4.69, 9.17) is 5.11 Å². The molecule has 1 N–H and O–H groups in total. The van der Waals surface area contributed by atoms with Crippen molar-refractivity contribution in [3.63, 3.8) is 0 Å². The van der Waals surface area contributed by atoms with Gasteiger partial charge in [-0.25, -0.2) is 9.18 Å². The van der Waals surface area contributed by atoms with E-state index in [1.807, 2.05) is 0 Å². The van der Waals surface area contributed by atoms with Crippen molar-refractivity contribution in [2.75, 3.05) is 13.7 Å². The fraction of sp³-hybridized carbons (Fsp3) is 0.333. The van der Waals surface area contributed by atoms with Gasteiger partial charge in [-0.05, 0) is 24.6 Å². The highest BCUT2D eigenvalue weighted by molar-refractivity contribution is 5.89. The summed E-state index contributed by atoms with van der Waals surface area (Å²) in [6.07, 6.45) is -3.80. The molecule has 130 valence electrons. The van der Waals surface area contributed by atoms with E-state index in [1.54, 1.807) is 0 Å². The van der Waals surface area contributed by atoms with E-state index in [2.05, 4.69) is 9.84 Å². The van der Waals surface area contributed by atoms with Crippen molar-refractivity contribution in [1.29, 1.82) is 0 Å². The number of methoxy groups -OCH3 is 1. The second-order valence-corrected chi connectivity index (χ2v) is 4.97. The first-order valence-corrected chi connectivity index (χ1v) is 6.87. The molecule has 5 nitrogen and oxygen atoms in total. The number of esters is 1. The van der Waals surface area contributed by atoms with Gasteiger partial charge in [0.05, 0.1) is 19.2 Å². The van der Waals surface area contributed by atoms with Crippen LogP contribution in [-0.2, 0) is 23.9 Å². The molecule has 24 heavy (non-hydrogen) atoms. The Morgan fingerprint density at radius 3 is 2.62 bits per heavy atom. The van der Waals surface area contributed by atoms with Crippen LogP contribution in [0.2, 0.25) is 0 Å². The summed E-state index contributed by atoms with van der Waals surface area (Å²) in [4.78, 5) is 11.5. The number of ether oxygens (including phenoxy) is 1. The largest absolute Gasteiger partial charge is 0.465 e. The van der Waals surface area contributed by atoms with Gasteiger partial charge in [0, 0.05) is 23.9 Å². The lowest BCUT2D eigenvalue weighted by Crippen LogP contribution is -2.11. The number of halogens is 4. The van der Waals surface area contributed by atoms with Gasteiger partial charge in [0.25, 0.3) is 0 Å². The average molecular weight is 346 g/mol. The summed E-state index contributed by atoms with van der Waals surface area (Å²) in [5, 5.41) is 12.3. The standard InChI is InChI=1S/C15H14F4N2O3/c1-24-14(23)9-2-3-12(16)11(6-9)8-21-7-10(4-5-22)13(20-21)15(17,18)19/h2-3,6-7,22H,4-5,8H2,1H3. The van der Waals surface area contributed by atoms with Crippen LogP contribution in [0.4, 0.5) is 17.6 Å². The first-order valence-electron chi connectivity index (χ1n) is 6.87. The summed E-state index contributed by atoms with van der Waals surface area (Å²) in [6, 6.07) is 3.44. The summed E-state index contributed by atoms with van der Waals surface area (Å²) in [6.45, 7) is -0.772. The number of hydrogen-bond donors (Lipinski definition) is 1. The molecule has 0 bridgehead atoms. The highest BCUT2D eigenvalue weighted by Gasteiger charge is 2.36. The molecule has 0 radical (unpaired) electrons. The van der Waals surface area contributed by atoms with E-state index in [0.717, 1.165) is 24.1 Å². The molecule has 0 aliphatic rings. The normalized spacial score (nSPS) is 11.6. The molecule has 0 spiro atoms. The molecule has 0 fully saturated rings. The van der Waals surface area contributed by atoms with Crippen molar-refractivity contribution in [3.8, 4) is 0 Å². The van der Waals surface area contributed by atoms with Crippen LogP contribution in [0, 0.1) is 5.82 Å². The van der Waals surface area contributed by atoms with Gasteiger partial charge in [0.15, 0.2) is 5.69 Å². The van der Waals surface area contributed by atoms with Crippen LogP contribution in [0.1, 0.15) is 27.2 Å². The second-order valence-electron chi connectivity index (χ2n) is 4.97. The molecule has 0 unspecified atom stereocenters. The lowest BCUT2D eigenvalue weighted by molar-refractivity contribution is -0.142. The van der Waals surface area contributed by atoms with Gasteiger partial charge in [-0.1, -0.05) is 0 Å². The topological polar surface area (TPSA) is 64.3 Å². The summed E-state index contributed by atoms with van der Waals surface area (Å²) >= 11 is 0. The maximum absolute atomic E-state index is 13.9. The van der Waals surface area contributed by atoms with E-state index < -0.39 is 30.3 Å². The minimum absolute atomic E-state index is 0.00956. The molecular formula is C15H14F4N2O3. The number of alkyl halides is 3. The minimum Gasteiger partial charge on any atom is -0.465 e. The van der Waals surface area contributed by atoms with Crippen LogP contribution in [0.15, 0.2) is 24.4 Å². The quantitative estimate of drug-likeness (QED) is 0.667. The van der Waals surface area contributed by atoms with Crippen molar-refractivity contribution in [1.82, 2.24) is 9.78 Å². The summed E-state index contributed by atoms with van der Waals surface area (Å²) < 4.78 is 58.1. The van der Waals surface area contributed by atoms with Gasteiger partial charge in [0.2, 0.25) is 0 Å². The molecular weight excluding hydrogens is 332 g/mol. The molecule has 1 aromatic heterocycles. The number of benzene rings is 1. The van der Waals surface area contributed by atoms with Gasteiger partial charge in [-0.3, -0.25) is 4.68 Å². The van der Waals surface area contributed by atoms with Gasteiger partial charge in [0.1, 0.15) is 5.82 Å². The number of carbonyl (C=O) groups excluding carboxylic acids is 1. The smallest absolute Gasteiger partial charge is 0.435 e. The first-order chi connectivity index (χ1) is 11.3. The molecule has 1 heterocycles. The Bertz CT molecular complexity index is 741. The highest BCUT2D eigenvalue weighted by atomic mass is 19.4. The van der Waals surface area contributed by atoms with Gasteiger partial charge in [-0.2, -0.15) is 18.3 Å². The van der Waals surface area contributed by atoms with Crippen molar-refractivity contribution in [3.05, 3.63) is 52.6 Å². The van der Waals surface area contributed by atoms with Crippen molar-refractivity contribution >= 4 is 5.97 Å². The number of aliphatic hydroxyl groups is 1. The molecule has 0 aliphatic heterocycles. The first kappa shape index (κ1) is 17.9. The molecule has 0 saturated heterocycles. The molecule has 0 amide bonds. The third-order valence-corrected chi connectivity index (χ3v) is 3.29. The Kier molecular flexibility index (Phi) is 5.23. The summed E-state index contributed by atoms with van der Waals surface area (Å²) in [5.74, 6) is -1.37. The molecule has 9 heteroatoms. The number of aliphatic hydroxyl groups excluding tert-OH is 1. The van der Waals surface area contributed by atoms with E-state index in [1.165, 1.54) is 12.1 Å². The minimum atomic E-state index is -4.68. The summed E-state index contributed by atoms with van der Waals surface area (Å²) in [5.41, 5.74) is -1.24. The zero-order chi connectivity index (χ0) is 17.9. The van der Waals surface area contributed by atoms with Crippen LogP contribution in [0.5, 0.6) is 0 Å². The second kappa shape index (κ2) is 7.00. The molecule has 2 aromatic rings. The van der Waals surface area contributed by atoms with Gasteiger partial charge in [-0.15, -0.1) is 0 Å². The molecule has 2 rings (SSSR count). The van der Waals surface area contributed by atoms with E-state index in [9.17, 15) is 22.4 Å². The van der Waals surface area contributed by atoms with Crippen LogP contribution in [0.25, 0.3) is 0 Å². The van der Waals surface area contributed by atoms with E-state index in [0.29, 0.717) is 0 Å². The van der Waals surface area contributed by atoms with Gasteiger partial charge >= 0.3 is 12.1 Å². The lowest BCUT2D eigenvalue weighted by Gasteiger charge is -2.07. The Hall–Kier alpha value is -2.42. The number of hydrogen-bond acceptors (Lipinski definition) is 4. The van der Waals surface area contributed by atoms with Crippen molar-refractivity contribution in [2.24, 2.45) is 0 Å². The van der Waals surface area contributed by atoms with Crippen LogP contribution in [-0.4, -0.2) is 34.6 Å². The zero-order valence-corrected chi connectivity index (χ0v) is 12.6. The number of carbonyl (C=O) groups is 1. The maximum Gasteiger partial charge on any atom is 0.435 e. The van der Waals surface area contributed by atoms with Crippen molar-refractivity contribution in [2.45, 2.75) is 19.1 Å².